The van der Waals surface area contributed by atoms with Gasteiger partial charge in [0.15, 0.2) is 0 Å². The van der Waals surface area contributed by atoms with Crippen LogP contribution in [0.4, 0.5) is 0 Å². The highest BCUT2D eigenvalue weighted by atomic mass is 35.5. The monoisotopic (exact) mass is 420 g/mol. The first kappa shape index (κ1) is 21.0. The average Bonchev–Trinajstić information content (AvgIpc) is 2.94. The van der Waals surface area contributed by atoms with E-state index in [1.54, 1.807) is 0 Å². The van der Waals surface area contributed by atoms with E-state index in [9.17, 15) is 4.79 Å². The van der Waals surface area contributed by atoms with Gasteiger partial charge in [0.2, 0.25) is 5.91 Å². The molecule has 2 aromatic rings. The molecule has 2 fully saturated rings. The molecule has 6 heteroatoms. The number of hydrogen-bond donors (Lipinski definition) is 1. The van der Waals surface area contributed by atoms with Gasteiger partial charge in [-0.2, -0.15) is 0 Å². The number of fused-ring (bicyclic) bond motifs is 2. The van der Waals surface area contributed by atoms with Gasteiger partial charge in [-0.05, 0) is 61.2 Å². The average molecular weight is 421 g/mol. The lowest BCUT2D eigenvalue weighted by atomic mass is 10.1. The normalized spacial score (nSPS) is 21.0. The van der Waals surface area contributed by atoms with E-state index in [4.69, 9.17) is 16.3 Å². The molecule has 2 atom stereocenters. The van der Waals surface area contributed by atoms with E-state index in [0.717, 1.165) is 54.3 Å². The topological polar surface area (TPSA) is 41.6 Å². The van der Waals surface area contributed by atoms with Gasteiger partial charge in [0.05, 0.1) is 6.42 Å². The van der Waals surface area contributed by atoms with Gasteiger partial charge in [-0.25, -0.2) is 0 Å². The molecule has 2 heterocycles. The van der Waals surface area contributed by atoms with Gasteiger partial charge in [-0.3, -0.25) is 4.79 Å². The number of rotatable bonds is 5. The molecule has 2 unspecified atom stereocenters. The Labute approximate surface area is 177 Å². The quantitative estimate of drug-likeness (QED) is 0.786. The number of halogens is 2. The minimum Gasteiger partial charge on any atom is -0.489 e. The summed E-state index contributed by atoms with van der Waals surface area (Å²) in [6.45, 7) is 2.42. The number of amides is 1. The van der Waals surface area contributed by atoms with Crippen molar-refractivity contribution in [2.45, 2.75) is 44.4 Å². The predicted molar refractivity (Wildman–Crippen MR) is 114 cm³/mol. The van der Waals surface area contributed by atoms with Crippen molar-refractivity contribution in [1.82, 2.24) is 10.2 Å². The number of ether oxygens (including phenoxy) is 1. The van der Waals surface area contributed by atoms with Crippen molar-refractivity contribution in [3.8, 4) is 5.75 Å². The smallest absolute Gasteiger partial charge is 0.227 e. The summed E-state index contributed by atoms with van der Waals surface area (Å²) in [5.74, 6) is 1.02. The highest BCUT2D eigenvalue weighted by Crippen LogP contribution is 2.29. The van der Waals surface area contributed by atoms with E-state index in [1.165, 1.54) is 0 Å². The SMILES string of the molecule is Cl.O=C(Cc1cccc(OCc2ccc(Cl)cc2)c1)N1C2CCNCC1CC2. The second kappa shape index (κ2) is 9.64. The van der Waals surface area contributed by atoms with Crippen LogP contribution < -0.4 is 10.1 Å². The van der Waals surface area contributed by atoms with E-state index in [1.807, 2.05) is 48.5 Å². The summed E-state index contributed by atoms with van der Waals surface area (Å²) in [5, 5.41) is 4.17. The summed E-state index contributed by atoms with van der Waals surface area (Å²) in [6.07, 6.45) is 3.76. The molecule has 0 aliphatic carbocycles. The Balaban J connectivity index is 0.00000225. The van der Waals surface area contributed by atoms with Crippen molar-refractivity contribution >= 4 is 29.9 Å². The number of nitrogens with zero attached hydrogens (tertiary/aromatic N) is 1. The maximum absolute atomic E-state index is 12.9. The van der Waals surface area contributed by atoms with Crippen molar-refractivity contribution in [3.63, 3.8) is 0 Å². The van der Waals surface area contributed by atoms with E-state index in [-0.39, 0.29) is 18.3 Å². The van der Waals surface area contributed by atoms with Gasteiger partial charge < -0.3 is 15.0 Å². The molecule has 4 nitrogen and oxygen atoms in total. The lowest BCUT2D eigenvalue weighted by molar-refractivity contribution is -0.133. The second-order valence-corrected chi connectivity index (χ2v) is 7.85. The van der Waals surface area contributed by atoms with Crippen molar-refractivity contribution in [2.24, 2.45) is 0 Å². The van der Waals surface area contributed by atoms with Gasteiger partial charge in [0.1, 0.15) is 12.4 Å². The molecule has 4 rings (SSSR count). The molecule has 28 heavy (non-hydrogen) atoms. The van der Waals surface area contributed by atoms with Crippen LogP contribution in [-0.2, 0) is 17.8 Å². The van der Waals surface area contributed by atoms with Crippen LogP contribution in [0.25, 0.3) is 0 Å². The molecule has 0 aromatic heterocycles. The summed E-state index contributed by atoms with van der Waals surface area (Å²) in [5.41, 5.74) is 2.07. The highest BCUT2D eigenvalue weighted by molar-refractivity contribution is 6.30. The molecule has 2 aromatic carbocycles. The Morgan fingerprint density at radius 3 is 2.68 bits per heavy atom. The van der Waals surface area contributed by atoms with Gasteiger partial charge in [-0.15, -0.1) is 12.4 Å². The molecule has 2 bridgehead atoms. The van der Waals surface area contributed by atoms with Crippen LogP contribution in [0.15, 0.2) is 48.5 Å². The number of hydrogen-bond acceptors (Lipinski definition) is 3. The lowest BCUT2D eigenvalue weighted by Gasteiger charge is -2.28. The third-order valence-electron chi connectivity index (χ3n) is 5.51. The van der Waals surface area contributed by atoms with Crippen molar-refractivity contribution in [2.75, 3.05) is 13.1 Å². The summed E-state index contributed by atoms with van der Waals surface area (Å²) >= 11 is 5.92. The van der Waals surface area contributed by atoms with E-state index in [2.05, 4.69) is 10.2 Å². The number of benzene rings is 2. The molecule has 2 saturated heterocycles. The number of carbonyl (C=O) groups is 1. The van der Waals surface area contributed by atoms with Crippen LogP contribution in [0, 0.1) is 0 Å². The van der Waals surface area contributed by atoms with E-state index < -0.39 is 0 Å². The van der Waals surface area contributed by atoms with E-state index in [0.29, 0.717) is 25.1 Å². The summed E-state index contributed by atoms with van der Waals surface area (Å²) < 4.78 is 5.90. The zero-order valence-electron chi connectivity index (χ0n) is 15.8. The van der Waals surface area contributed by atoms with Gasteiger partial charge >= 0.3 is 0 Å². The Morgan fingerprint density at radius 2 is 1.86 bits per heavy atom. The molecule has 2 aliphatic heterocycles. The molecule has 2 aliphatic rings. The third kappa shape index (κ3) is 4.99. The predicted octanol–water partition coefficient (Wildman–Crippen LogP) is 4.24. The maximum atomic E-state index is 12.9. The molecular weight excluding hydrogens is 395 g/mol. The Kier molecular flexibility index (Phi) is 7.22. The Morgan fingerprint density at radius 1 is 1.07 bits per heavy atom. The summed E-state index contributed by atoms with van der Waals surface area (Å²) in [6, 6.07) is 16.3. The maximum Gasteiger partial charge on any atom is 0.227 e. The lowest BCUT2D eigenvalue weighted by Crippen LogP contribution is -2.43. The fourth-order valence-corrected chi connectivity index (χ4v) is 4.27. The van der Waals surface area contributed by atoms with Crippen molar-refractivity contribution in [3.05, 3.63) is 64.7 Å². The largest absolute Gasteiger partial charge is 0.489 e. The summed E-state index contributed by atoms with van der Waals surface area (Å²) in [4.78, 5) is 15.1. The second-order valence-electron chi connectivity index (χ2n) is 7.42. The zero-order valence-corrected chi connectivity index (χ0v) is 17.3. The molecule has 150 valence electrons. The fraction of sp³-hybridized carbons (Fsp3) is 0.409. The Bertz CT molecular complexity index is 783. The number of nitrogens with one attached hydrogen (secondary N) is 1. The number of carbonyl (C=O) groups excluding carboxylic acids is 1. The minimum absolute atomic E-state index is 0. The van der Waals surface area contributed by atoms with Gasteiger partial charge in [-0.1, -0.05) is 35.9 Å². The van der Waals surface area contributed by atoms with Gasteiger partial charge in [0.25, 0.3) is 0 Å². The van der Waals surface area contributed by atoms with Crippen LogP contribution in [0.3, 0.4) is 0 Å². The molecule has 0 radical (unpaired) electrons. The molecule has 0 spiro atoms. The zero-order chi connectivity index (χ0) is 18.6. The van der Waals surface area contributed by atoms with Crippen LogP contribution in [0.1, 0.15) is 30.4 Å². The highest BCUT2D eigenvalue weighted by Gasteiger charge is 2.37. The molecule has 0 saturated carbocycles. The van der Waals surface area contributed by atoms with Crippen LogP contribution in [0.2, 0.25) is 5.02 Å². The van der Waals surface area contributed by atoms with Crippen LogP contribution in [0.5, 0.6) is 5.75 Å². The Hall–Kier alpha value is -1.75. The minimum atomic E-state index is 0. The first-order valence-corrected chi connectivity index (χ1v) is 10.0. The fourth-order valence-electron chi connectivity index (χ4n) is 4.15. The van der Waals surface area contributed by atoms with Crippen LogP contribution >= 0.6 is 24.0 Å². The van der Waals surface area contributed by atoms with Crippen LogP contribution in [-0.4, -0.2) is 36.0 Å². The van der Waals surface area contributed by atoms with Crippen molar-refractivity contribution in [1.29, 1.82) is 0 Å². The summed E-state index contributed by atoms with van der Waals surface area (Å²) in [7, 11) is 0. The van der Waals surface area contributed by atoms with Crippen molar-refractivity contribution < 1.29 is 9.53 Å². The standard InChI is InChI=1S/C22H25ClN2O2.ClH/c23-18-6-4-16(5-7-18)15-27-21-3-1-2-17(12-21)13-22(26)25-19-8-9-20(25)14-24-11-10-19;/h1-7,12,19-20,24H,8-11,13-15H2;1H. The van der Waals surface area contributed by atoms with E-state index >= 15 is 0 Å². The molecule has 1 N–H and O–H groups in total. The first-order chi connectivity index (χ1) is 13.2. The molecule has 1 amide bonds. The first-order valence-electron chi connectivity index (χ1n) is 9.67. The molecular formula is C22H26Cl2N2O2. The third-order valence-corrected chi connectivity index (χ3v) is 5.77. The van der Waals surface area contributed by atoms with Gasteiger partial charge in [0, 0.05) is 23.7 Å².